The molecule has 152 valence electrons. The molecule has 27 heavy (non-hydrogen) atoms. The number of primary amides is 1. The summed E-state index contributed by atoms with van der Waals surface area (Å²) in [4.78, 5) is 60.6. The number of aliphatic carboxylic acids is 1. The van der Waals surface area contributed by atoms with E-state index >= 15 is 0 Å². The van der Waals surface area contributed by atoms with E-state index in [0.717, 1.165) is 0 Å². The molecule has 1 rings (SSSR count). The fourth-order valence-electron chi connectivity index (χ4n) is 2.92. The lowest BCUT2D eigenvalue weighted by atomic mass is 10.0. The van der Waals surface area contributed by atoms with Gasteiger partial charge in [0.05, 0.1) is 13.0 Å². The van der Waals surface area contributed by atoms with Gasteiger partial charge in [-0.25, -0.2) is 4.79 Å². The molecule has 0 bridgehead atoms. The SMILES string of the molecule is CC(C)C(NC(=O)C1CCCN1C(=O)C(CC(N)=O)NC(=O)CN)C(=O)O. The van der Waals surface area contributed by atoms with Gasteiger partial charge in [0.2, 0.25) is 23.6 Å². The van der Waals surface area contributed by atoms with Crippen LogP contribution in [0.1, 0.15) is 33.1 Å². The number of carbonyl (C=O) groups excluding carboxylic acids is 4. The van der Waals surface area contributed by atoms with Crippen LogP contribution < -0.4 is 22.1 Å². The van der Waals surface area contributed by atoms with Crippen molar-refractivity contribution in [2.45, 2.75) is 51.2 Å². The van der Waals surface area contributed by atoms with Gasteiger partial charge >= 0.3 is 5.97 Å². The lowest BCUT2D eigenvalue weighted by Crippen LogP contribution is -2.57. The molecular formula is C16H27N5O6. The molecule has 4 amide bonds. The van der Waals surface area contributed by atoms with Crippen LogP contribution in [0.4, 0.5) is 0 Å². The normalized spacial score (nSPS) is 18.7. The summed E-state index contributed by atoms with van der Waals surface area (Å²) in [5.41, 5.74) is 10.4. The first-order valence-electron chi connectivity index (χ1n) is 8.69. The molecule has 0 spiro atoms. The Hall–Kier alpha value is -2.69. The van der Waals surface area contributed by atoms with Crippen molar-refractivity contribution in [3.8, 4) is 0 Å². The van der Waals surface area contributed by atoms with Gasteiger partial charge in [-0.1, -0.05) is 13.8 Å². The molecule has 3 atom stereocenters. The van der Waals surface area contributed by atoms with Crippen molar-refractivity contribution in [1.29, 1.82) is 0 Å². The number of amides is 4. The van der Waals surface area contributed by atoms with Crippen LogP contribution in [0.2, 0.25) is 0 Å². The lowest BCUT2D eigenvalue weighted by Gasteiger charge is -2.29. The highest BCUT2D eigenvalue weighted by atomic mass is 16.4. The first kappa shape index (κ1) is 22.4. The second kappa shape index (κ2) is 9.86. The summed E-state index contributed by atoms with van der Waals surface area (Å²) < 4.78 is 0. The largest absolute Gasteiger partial charge is 0.480 e. The van der Waals surface area contributed by atoms with Gasteiger partial charge in [-0.3, -0.25) is 19.2 Å². The monoisotopic (exact) mass is 385 g/mol. The lowest BCUT2D eigenvalue weighted by molar-refractivity contribution is -0.146. The molecule has 0 saturated carbocycles. The number of nitrogens with zero attached hydrogens (tertiary/aromatic N) is 1. The van der Waals surface area contributed by atoms with E-state index in [1.807, 2.05) is 0 Å². The van der Waals surface area contributed by atoms with E-state index in [-0.39, 0.29) is 19.0 Å². The summed E-state index contributed by atoms with van der Waals surface area (Å²) in [6.45, 7) is 3.18. The van der Waals surface area contributed by atoms with Crippen molar-refractivity contribution in [2.24, 2.45) is 17.4 Å². The number of hydrogen-bond acceptors (Lipinski definition) is 6. The van der Waals surface area contributed by atoms with E-state index in [0.29, 0.717) is 12.8 Å². The van der Waals surface area contributed by atoms with Gasteiger partial charge in [0.1, 0.15) is 18.1 Å². The maximum atomic E-state index is 12.8. The van der Waals surface area contributed by atoms with Gasteiger partial charge in [0.15, 0.2) is 0 Å². The van der Waals surface area contributed by atoms with Crippen LogP contribution in [0.5, 0.6) is 0 Å². The maximum Gasteiger partial charge on any atom is 0.326 e. The molecule has 1 heterocycles. The van der Waals surface area contributed by atoms with Crippen LogP contribution >= 0.6 is 0 Å². The van der Waals surface area contributed by atoms with Crippen LogP contribution in [-0.2, 0) is 24.0 Å². The van der Waals surface area contributed by atoms with Crippen molar-refractivity contribution in [2.75, 3.05) is 13.1 Å². The minimum Gasteiger partial charge on any atom is -0.480 e. The third-order valence-electron chi connectivity index (χ3n) is 4.29. The highest BCUT2D eigenvalue weighted by Gasteiger charge is 2.39. The molecule has 0 aromatic rings. The number of rotatable bonds is 9. The zero-order valence-electron chi connectivity index (χ0n) is 15.4. The Bertz CT molecular complexity index is 608. The molecule has 11 nitrogen and oxygen atoms in total. The Morgan fingerprint density at radius 1 is 1.19 bits per heavy atom. The van der Waals surface area contributed by atoms with E-state index in [4.69, 9.17) is 11.5 Å². The zero-order valence-corrected chi connectivity index (χ0v) is 15.4. The van der Waals surface area contributed by atoms with Gasteiger partial charge in [-0.15, -0.1) is 0 Å². The van der Waals surface area contributed by atoms with Crippen LogP contribution in [-0.4, -0.2) is 70.8 Å². The standard InChI is InChI=1S/C16H27N5O6/c1-8(2)13(16(26)27)20-14(24)10-4-3-5-21(10)15(25)9(6-11(18)22)19-12(23)7-17/h8-10,13H,3-7,17H2,1-2H3,(H2,18,22)(H,19,23)(H,20,24)(H,26,27). The van der Waals surface area contributed by atoms with E-state index in [2.05, 4.69) is 10.6 Å². The molecule has 1 fully saturated rings. The molecule has 0 aromatic carbocycles. The Balaban J connectivity index is 2.93. The predicted molar refractivity (Wildman–Crippen MR) is 93.9 cm³/mol. The van der Waals surface area contributed by atoms with E-state index in [9.17, 15) is 29.1 Å². The third-order valence-corrected chi connectivity index (χ3v) is 4.29. The van der Waals surface area contributed by atoms with Crippen LogP contribution in [0.25, 0.3) is 0 Å². The fraction of sp³-hybridized carbons (Fsp3) is 0.688. The topological polar surface area (TPSA) is 185 Å². The molecule has 11 heteroatoms. The van der Waals surface area contributed by atoms with Crippen LogP contribution in [0.15, 0.2) is 0 Å². The molecule has 0 radical (unpaired) electrons. The van der Waals surface area contributed by atoms with Gasteiger partial charge in [-0.2, -0.15) is 0 Å². The summed E-state index contributed by atoms with van der Waals surface area (Å²) in [5, 5.41) is 14.0. The first-order chi connectivity index (χ1) is 12.6. The number of likely N-dealkylation sites (tertiary alicyclic amines) is 1. The molecule has 0 aromatic heterocycles. The van der Waals surface area contributed by atoms with E-state index < -0.39 is 54.1 Å². The molecular weight excluding hydrogens is 358 g/mol. The highest BCUT2D eigenvalue weighted by molar-refractivity contribution is 5.96. The quantitative estimate of drug-likeness (QED) is 0.291. The van der Waals surface area contributed by atoms with Gasteiger partial charge in [-0.05, 0) is 18.8 Å². The Morgan fingerprint density at radius 3 is 2.30 bits per heavy atom. The maximum absolute atomic E-state index is 12.8. The van der Waals surface area contributed by atoms with Crippen molar-refractivity contribution < 1.29 is 29.1 Å². The van der Waals surface area contributed by atoms with E-state index in [1.54, 1.807) is 13.8 Å². The molecule has 7 N–H and O–H groups in total. The minimum absolute atomic E-state index is 0.240. The van der Waals surface area contributed by atoms with Crippen LogP contribution in [0, 0.1) is 5.92 Å². The average molecular weight is 385 g/mol. The van der Waals surface area contributed by atoms with E-state index in [1.165, 1.54) is 4.90 Å². The number of nitrogens with one attached hydrogen (secondary N) is 2. The van der Waals surface area contributed by atoms with Gasteiger partial charge in [0, 0.05) is 6.54 Å². The molecule has 1 saturated heterocycles. The Kier molecular flexibility index (Phi) is 8.16. The second-order valence-corrected chi connectivity index (χ2v) is 6.75. The minimum atomic E-state index is -1.23. The second-order valence-electron chi connectivity index (χ2n) is 6.75. The fourth-order valence-corrected chi connectivity index (χ4v) is 2.92. The summed E-state index contributed by atoms with van der Waals surface area (Å²) in [5.74, 6) is -4.17. The number of carbonyl (C=O) groups is 5. The number of carboxylic acid groups (broad SMARTS) is 1. The van der Waals surface area contributed by atoms with Gasteiger partial charge in [0.25, 0.3) is 0 Å². The smallest absolute Gasteiger partial charge is 0.326 e. The van der Waals surface area contributed by atoms with Crippen molar-refractivity contribution in [3.05, 3.63) is 0 Å². The number of hydrogen-bond donors (Lipinski definition) is 5. The molecule has 1 aliphatic heterocycles. The van der Waals surface area contributed by atoms with Gasteiger partial charge < -0.3 is 32.1 Å². The van der Waals surface area contributed by atoms with Crippen molar-refractivity contribution >= 4 is 29.6 Å². The summed E-state index contributed by atoms with van der Waals surface area (Å²) >= 11 is 0. The molecule has 1 aliphatic rings. The zero-order chi connectivity index (χ0) is 20.7. The van der Waals surface area contributed by atoms with Crippen molar-refractivity contribution in [1.82, 2.24) is 15.5 Å². The average Bonchev–Trinajstić information content (AvgIpc) is 3.06. The summed E-state index contributed by atoms with van der Waals surface area (Å²) in [6, 6.07) is -3.20. The third kappa shape index (κ3) is 6.20. The summed E-state index contributed by atoms with van der Waals surface area (Å²) in [6.07, 6.45) is 0.437. The number of nitrogens with two attached hydrogens (primary N) is 2. The number of carboxylic acids is 1. The highest BCUT2D eigenvalue weighted by Crippen LogP contribution is 2.20. The molecule has 0 aliphatic carbocycles. The Labute approximate surface area is 156 Å². The van der Waals surface area contributed by atoms with Crippen molar-refractivity contribution in [3.63, 3.8) is 0 Å². The predicted octanol–water partition coefficient (Wildman–Crippen LogP) is -2.48. The van der Waals surface area contributed by atoms with Crippen LogP contribution in [0.3, 0.4) is 0 Å². The summed E-state index contributed by atoms with van der Waals surface area (Å²) in [7, 11) is 0. The first-order valence-corrected chi connectivity index (χ1v) is 8.69. The molecule has 3 unspecified atom stereocenters. The Morgan fingerprint density at radius 2 is 1.81 bits per heavy atom.